The number of hydrogen-bond donors (Lipinski definition) is 0. The van der Waals surface area contributed by atoms with Crippen molar-refractivity contribution < 1.29 is 0 Å². The Labute approximate surface area is 877 Å². The molecule has 0 N–H and O–H groups in total. The van der Waals surface area contributed by atoms with Crippen LogP contribution in [0, 0.1) is 0 Å². The molecule has 9 aromatic heterocycles. The van der Waals surface area contributed by atoms with E-state index in [1.807, 2.05) is 73.1 Å². The van der Waals surface area contributed by atoms with Gasteiger partial charge in [-0.1, -0.05) is 434 Å². The van der Waals surface area contributed by atoms with E-state index >= 15 is 0 Å². The zero-order valence-electron chi connectivity index (χ0n) is 88.8. The lowest BCUT2D eigenvalue weighted by atomic mass is 9.84. The molecule has 14 heteroatoms. The standard InChI is InChI=1S/C31H25N5.3C22H21N.C20H19N3.C19H19N3/c1-31(2,3)28-32-29(35-24-16-8-4-12-20(24)21-13-5-9-17-25(21)35)34-30(33-28)36-26-18-10-6-14-22(26)23-15-7-11-19-27(23)36;1-22(2,3)18-13-9-15-20-21(18)17-12-7-8-14-19(17)23(20)16-10-5-4-6-11-16;1-22(2,3)16-13-14-21-19(15-16)18-11-7-8-12-20(18)23(21)17-9-5-4-6-10-17;1-22(2,3)16-13-14-19-18-11-7-8-12-20(18)23(21(19)15-16)17-9-5-4-6-10-17;1-20(2,3)14-12-21-19(22-13-14)23-17-10-6-4-8-15(17)16-9-5-7-11-18(16)23;1-19(2,3)18-21-16(14-10-6-4-7-11-14)20-17(22-18)15-12-8-5-9-13-15/h4-19H,1-3H3;3*4-15H,1-3H3;4-13H,1-3H3;4-13H,1-3H3. The highest BCUT2D eigenvalue weighted by molar-refractivity contribution is 6.15. The second-order valence-electron chi connectivity index (χ2n) is 44.9. The summed E-state index contributed by atoms with van der Waals surface area (Å²) in [6, 6.07) is 149. The maximum absolute atomic E-state index is 5.14. The smallest absolute Gasteiger partial charge is 0.239 e. The fourth-order valence-corrected chi connectivity index (χ4v) is 20.4. The Morgan fingerprint density at radius 3 is 0.787 bits per heavy atom. The molecule has 0 unspecified atom stereocenters. The second kappa shape index (κ2) is 40.1. The van der Waals surface area contributed by atoms with Gasteiger partial charge in [0.1, 0.15) is 11.6 Å². The molecular weight excluding hydrogens is 1830 g/mol. The first kappa shape index (κ1) is 98.7. The van der Waals surface area contributed by atoms with E-state index in [2.05, 4.69) is 541 Å². The highest BCUT2D eigenvalue weighted by atomic mass is 15.3. The van der Waals surface area contributed by atoms with E-state index in [0.717, 1.165) is 79.0 Å². The minimum absolute atomic E-state index is 0.0549. The first-order valence-corrected chi connectivity index (χ1v) is 52.0. The van der Waals surface area contributed by atoms with E-state index in [9.17, 15) is 0 Å². The maximum Gasteiger partial charge on any atom is 0.239 e. The van der Waals surface area contributed by atoms with E-state index in [0.29, 0.717) is 11.9 Å². The third-order valence-corrected chi connectivity index (χ3v) is 28.1. The molecule has 0 aliphatic rings. The van der Waals surface area contributed by atoms with Crippen LogP contribution in [-0.4, -0.2) is 67.3 Å². The Hall–Kier alpha value is -17.4. The zero-order chi connectivity index (χ0) is 104. The summed E-state index contributed by atoms with van der Waals surface area (Å²) in [4.78, 5) is 38.5. The maximum atomic E-state index is 5.14. The van der Waals surface area contributed by atoms with Crippen molar-refractivity contribution in [3.63, 3.8) is 0 Å². The average molecular weight is 1960 g/mol. The van der Waals surface area contributed by atoms with Crippen molar-refractivity contribution in [2.24, 2.45) is 0 Å². The molecule has 740 valence electrons. The van der Waals surface area contributed by atoms with Crippen LogP contribution in [0.3, 0.4) is 0 Å². The highest BCUT2D eigenvalue weighted by Crippen LogP contribution is 2.44. The summed E-state index contributed by atoms with van der Waals surface area (Å²) in [5, 5.41) is 15.2. The Morgan fingerprint density at radius 1 is 0.167 bits per heavy atom. The minimum atomic E-state index is -0.260. The van der Waals surface area contributed by atoms with Gasteiger partial charge in [-0.2, -0.15) is 15.0 Å². The quantitative estimate of drug-likeness (QED) is 0.147. The van der Waals surface area contributed by atoms with Crippen LogP contribution in [0.2, 0.25) is 0 Å². The lowest BCUT2D eigenvalue weighted by molar-refractivity contribution is 0.537. The van der Waals surface area contributed by atoms with Crippen LogP contribution < -0.4 is 0 Å². The minimum Gasteiger partial charge on any atom is -0.309 e. The number of nitrogens with zero attached hydrogens (tertiary/aromatic N) is 14. The van der Waals surface area contributed by atoms with E-state index in [1.54, 1.807) is 0 Å². The van der Waals surface area contributed by atoms with Crippen LogP contribution in [0.15, 0.2) is 437 Å². The van der Waals surface area contributed by atoms with E-state index < -0.39 is 0 Å². The second-order valence-corrected chi connectivity index (χ2v) is 44.9. The molecule has 26 aromatic rings. The predicted octanol–water partition coefficient (Wildman–Crippen LogP) is 35.0. The van der Waals surface area contributed by atoms with Gasteiger partial charge in [0.05, 0.1) is 66.2 Å². The molecule has 14 nitrogen and oxygen atoms in total. The SMILES string of the molecule is CC(C)(C)c1ccc2c(c1)c1ccccc1n2-c1ccccc1.CC(C)(C)c1ccc2c3ccccc3n(-c3ccccc3)c2c1.CC(C)(C)c1cccc2c1c1ccccc1n2-c1ccccc1.CC(C)(C)c1cnc(-n2c3ccccc3c3ccccc32)nc1.CC(C)(C)c1nc(-c2ccccc2)nc(-c2ccccc2)n1.CC(C)(C)c1nc(-n2c3ccccc3c3ccccc32)nc(-n2c3ccccc3c3ccccc32)n1. The van der Waals surface area contributed by atoms with Gasteiger partial charge in [0, 0.05) is 116 Å². The molecular formula is C136H126N14. The lowest BCUT2D eigenvalue weighted by Crippen LogP contribution is -2.20. The molecule has 0 saturated heterocycles. The molecule has 0 radical (unpaired) electrons. The summed E-state index contributed by atoms with van der Waals surface area (Å²) >= 11 is 0. The molecule has 0 amide bonds. The van der Waals surface area contributed by atoms with E-state index in [1.165, 1.54) is 131 Å². The van der Waals surface area contributed by atoms with Gasteiger partial charge in [-0.05, 0) is 159 Å². The van der Waals surface area contributed by atoms with Crippen molar-refractivity contribution in [1.29, 1.82) is 0 Å². The molecule has 0 saturated carbocycles. The van der Waals surface area contributed by atoms with Gasteiger partial charge in [-0.15, -0.1) is 0 Å². The third-order valence-electron chi connectivity index (χ3n) is 28.1. The van der Waals surface area contributed by atoms with Gasteiger partial charge >= 0.3 is 0 Å². The number of benzene rings is 17. The summed E-state index contributed by atoms with van der Waals surface area (Å²) in [6.07, 6.45) is 3.87. The Morgan fingerprint density at radius 2 is 0.433 bits per heavy atom. The van der Waals surface area contributed by atoms with Crippen LogP contribution in [0.5, 0.6) is 0 Å². The molecule has 0 bridgehead atoms. The Bertz CT molecular complexity index is 9010. The fourth-order valence-electron chi connectivity index (χ4n) is 20.4. The van der Waals surface area contributed by atoms with Crippen molar-refractivity contribution in [1.82, 2.24) is 67.3 Å². The highest BCUT2D eigenvalue weighted by Gasteiger charge is 2.30. The lowest BCUT2D eigenvalue weighted by Gasteiger charge is -2.20. The first-order chi connectivity index (χ1) is 72.3. The number of rotatable bonds is 8. The summed E-state index contributed by atoms with van der Waals surface area (Å²) in [5.41, 5.74) is 25.2. The van der Waals surface area contributed by atoms with E-state index in [4.69, 9.17) is 15.0 Å². The molecule has 0 fully saturated rings. The first-order valence-electron chi connectivity index (χ1n) is 52.0. The van der Waals surface area contributed by atoms with Gasteiger partial charge in [-0.25, -0.2) is 24.9 Å². The molecule has 0 aliphatic carbocycles. The average Bonchev–Trinajstić information content (AvgIpc) is 1.57. The monoisotopic (exact) mass is 1960 g/mol. The number of para-hydroxylation sites is 12. The molecule has 150 heavy (non-hydrogen) atoms. The summed E-state index contributed by atoms with van der Waals surface area (Å²) in [6.45, 7) is 39.8. The van der Waals surface area contributed by atoms with Crippen LogP contribution in [-0.2, 0) is 32.5 Å². The Kier molecular flexibility index (Phi) is 26.4. The topological polar surface area (TPSA) is 133 Å². The normalized spacial score (nSPS) is 12.1. The van der Waals surface area contributed by atoms with Crippen LogP contribution >= 0.6 is 0 Å². The number of fused-ring (bicyclic) bond motifs is 18. The molecule has 0 aliphatic heterocycles. The summed E-state index contributed by atoms with van der Waals surface area (Å²) in [5.74, 6) is 4.98. The van der Waals surface area contributed by atoms with Gasteiger partial charge < -0.3 is 13.7 Å². The molecule has 0 spiro atoms. The van der Waals surface area contributed by atoms with Gasteiger partial charge in [0.25, 0.3) is 0 Å². The number of hydrogen-bond acceptors (Lipinski definition) is 8. The predicted molar refractivity (Wildman–Crippen MR) is 630 cm³/mol. The van der Waals surface area contributed by atoms with Gasteiger partial charge in [-0.3, -0.25) is 13.7 Å². The largest absolute Gasteiger partial charge is 0.309 e. The fraction of sp³-hybridized carbons (Fsp3) is 0.176. The summed E-state index contributed by atoms with van der Waals surface area (Å²) in [7, 11) is 0. The molecule has 26 rings (SSSR count). The third kappa shape index (κ3) is 19.5. The Balaban J connectivity index is 0.000000106. The molecule has 9 heterocycles. The van der Waals surface area contributed by atoms with Gasteiger partial charge in [0.15, 0.2) is 11.6 Å². The van der Waals surface area contributed by atoms with Crippen molar-refractivity contribution in [2.75, 3.05) is 0 Å². The van der Waals surface area contributed by atoms with Crippen molar-refractivity contribution in [2.45, 2.75) is 157 Å². The summed E-state index contributed by atoms with van der Waals surface area (Å²) < 4.78 is 13.6. The van der Waals surface area contributed by atoms with Crippen LogP contribution in [0.1, 0.15) is 159 Å². The van der Waals surface area contributed by atoms with Crippen molar-refractivity contribution in [3.05, 3.63) is 471 Å². The molecule has 0 atom stereocenters. The zero-order valence-corrected chi connectivity index (χ0v) is 88.8. The number of aromatic nitrogens is 14. The van der Waals surface area contributed by atoms with Gasteiger partial charge in [0.2, 0.25) is 17.8 Å². The van der Waals surface area contributed by atoms with Crippen molar-refractivity contribution >= 4 is 131 Å². The molecule has 17 aromatic carbocycles. The van der Waals surface area contributed by atoms with Crippen LogP contribution in [0.25, 0.3) is 189 Å². The van der Waals surface area contributed by atoms with Crippen LogP contribution in [0.4, 0.5) is 0 Å². The van der Waals surface area contributed by atoms with Crippen molar-refractivity contribution in [3.8, 4) is 57.7 Å². The van der Waals surface area contributed by atoms with E-state index in [-0.39, 0.29) is 32.5 Å².